The maximum Gasteiger partial charge on any atom is 0.338 e. The Morgan fingerprint density at radius 3 is 2.57 bits per heavy atom. The zero-order valence-electron chi connectivity index (χ0n) is 12.2. The molecule has 0 amide bonds. The fourth-order valence-electron chi connectivity index (χ4n) is 1.87. The average Bonchev–Trinajstić information content (AvgIpc) is 2.59. The lowest BCUT2D eigenvalue weighted by molar-refractivity contribution is -0.387. The van der Waals surface area contributed by atoms with Gasteiger partial charge in [0.1, 0.15) is 6.61 Å². The lowest BCUT2D eigenvalue weighted by Gasteiger charge is -2.06. The van der Waals surface area contributed by atoms with Gasteiger partial charge in [0, 0.05) is 6.07 Å². The van der Waals surface area contributed by atoms with Gasteiger partial charge in [0.25, 0.3) is 5.69 Å². The van der Waals surface area contributed by atoms with Crippen molar-refractivity contribution >= 4 is 23.4 Å². The number of thioether (sulfide) groups is 1. The molecule has 0 unspecified atom stereocenters. The lowest BCUT2D eigenvalue weighted by atomic mass is 10.1. The molecular weight excluding hydrogens is 316 g/mol. The van der Waals surface area contributed by atoms with Crippen LogP contribution in [0.2, 0.25) is 0 Å². The summed E-state index contributed by atoms with van der Waals surface area (Å²) in [6, 6.07) is 12.9. The number of carbonyl (C=O) groups excluding carboxylic acids is 1. The van der Waals surface area contributed by atoms with Crippen LogP contribution in [-0.2, 0) is 11.3 Å². The van der Waals surface area contributed by atoms with Crippen LogP contribution in [0.15, 0.2) is 47.4 Å². The van der Waals surface area contributed by atoms with Crippen molar-refractivity contribution in [3.8, 4) is 6.07 Å². The summed E-state index contributed by atoms with van der Waals surface area (Å²) in [6.45, 7) is 0.0304. The first-order valence-electron chi connectivity index (χ1n) is 6.53. The molecule has 0 radical (unpaired) electrons. The summed E-state index contributed by atoms with van der Waals surface area (Å²) < 4.78 is 5.14. The summed E-state index contributed by atoms with van der Waals surface area (Å²) in [5.41, 5.74) is 1.25. The molecule has 7 heteroatoms. The van der Waals surface area contributed by atoms with E-state index in [4.69, 9.17) is 10.00 Å². The molecule has 2 rings (SSSR count). The number of rotatable bonds is 5. The Balaban J connectivity index is 2.09. The molecule has 0 aliphatic rings. The normalized spacial score (nSPS) is 9.91. The molecule has 0 aromatic heterocycles. The predicted molar refractivity (Wildman–Crippen MR) is 85.2 cm³/mol. The summed E-state index contributed by atoms with van der Waals surface area (Å²) in [7, 11) is 0. The standard InChI is InChI=1S/C16H12N2O4S/c1-23-15-7-6-13(8-14(15)18(20)21)16(19)22-10-12-4-2-11(9-17)3-5-12/h2-8H,10H2,1H3. The van der Waals surface area contributed by atoms with E-state index in [0.717, 1.165) is 5.56 Å². The second kappa shape index (κ2) is 7.42. The van der Waals surface area contributed by atoms with Crippen LogP contribution in [0, 0.1) is 21.4 Å². The molecule has 0 fully saturated rings. The average molecular weight is 328 g/mol. The van der Waals surface area contributed by atoms with Gasteiger partial charge >= 0.3 is 5.97 Å². The second-order valence-electron chi connectivity index (χ2n) is 4.53. The van der Waals surface area contributed by atoms with E-state index in [-0.39, 0.29) is 17.9 Å². The van der Waals surface area contributed by atoms with E-state index in [1.54, 1.807) is 30.5 Å². The van der Waals surface area contributed by atoms with Gasteiger partial charge in [-0.05, 0) is 36.1 Å². The number of hydrogen-bond acceptors (Lipinski definition) is 6. The first-order chi connectivity index (χ1) is 11.0. The van der Waals surface area contributed by atoms with Crippen molar-refractivity contribution in [1.82, 2.24) is 0 Å². The van der Waals surface area contributed by atoms with E-state index in [0.29, 0.717) is 10.5 Å². The monoisotopic (exact) mass is 328 g/mol. The van der Waals surface area contributed by atoms with Gasteiger partial charge < -0.3 is 4.74 Å². The number of benzene rings is 2. The Hall–Kier alpha value is -2.85. The number of carbonyl (C=O) groups is 1. The topological polar surface area (TPSA) is 93.2 Å². The van der Waals surface area contributed by atoms with Gasteiger partial charge in [-0.1, -0.05) is 12.1 Å². The highest BCUT2D eigenvalue weighted by atomic mass is 32.2. The fraction of sp³-hybridized carbons (Fsp3) is 0.125. The molecule has 0 spiro atoms. The molecule has 0 saturated carbocycles. The zero-order valence-corrected chi connectivity index (χ0v) is 13.0. The van der Waals surface area contributed by atoms with Gasteiger partial charge in [0.05, 0.1) is 27.0 Å². The quantitative estimate of drug-likeness (QED) is 0.361. The fourth-order valence-corrected chi connectivity index (χ4v) is 2.41. The van der Waals surface area contributed by atoms with E-state index >= 15 is 0 Å². The Morgan fingerprint density at radius 1 is 1.30 bits per heavy atom. The molecule has 2 aromatic rings. The summed E-state index contributed by atoms with van der Waals surface area (Å²) in [4.78, 5) is 23.0. The van der Waals surface area contributed by atoms with Crippen LogP contribution >= 0.6 is 11.8 Å². The number of nitro groups is 1. The van der Waals surface area contributed by atoms with Crippen LogP contribution in [0.25, 0.3) is 0 Å². The maximum atomic E-state index is 12.0. The van der Waals surface area contributed by atoms with Crippen molar-refractivity contribution in [2.45, 2.75) is 11.5 Å². The summed E-state index contributed by atoms with van der Waals surface area (Å²) >= 11 is 1.24. The van der Waals surface area contributed by atoms with Crippen LogP contribution in [0.5, 0.6) is 0 Å². The molecule has 0 bridgehead atoms. The minimum atomic E-state index is -0.634. The first-order valence-corrected chi connectivity index (χ1v) is 7.76. The highest BCUT2D eigenvalue weighted by molar-refractivity contribution is 7.98. The van der Waals surface area contributed by atoms with Crippen LogP contribution < -0.4 is 0 Å². The van der Waals surface area contributed by atoms with Crippen molar-refractivity contribution in [3.05, 3.63) is 69.3 Å². The van der Waals surface area contributed by atoms with Crippen molar-refractivity contribution in [3.63, 3.8) is 0 Å². The summed E-state index contributed by atoms with van der Waals surface area (Å²) in [5, 5.41) is 19.7. The van der Waals surface area contributed by atoms with Gasteiger partial charge in [0.15, 0.2) is 0 Å². The van der Waals surface area contributed by atoms with Gasteiger partial charge in [-0.15, -0.1) is 11.8 Å². The molecule has 23 heavy (non-hydrogen) atoms. The highest BCUT2D eigenvalue weighted by Gasteiger charge is 2.17. The third-order valence-electron chi connectivity index (χ3n) is 3.06. The molecule has 0 heterocycles. The number of nitriles is 1. The third kappa shape index (κ3) is 4.08. The van der Waals surface area contributed by atoms with E-state index in [1.165, 1.54) is 30.0 Å². The van der Waals surface area contributed by atoms with Crippen molar-refractivity contribution in [1.29, 1.82) is 5.26 Å². The smallest absolute Gasteiger partial charge is 0.338 e. The molecule has 0 saturated heterocycles. The van der Waals surface area contributed by atoms with Crippen LogP contribution in [0.3, 0.4) is 0 Å². The van der Waals surface area contributed by atoms with E-state index < -0.39 is 10.9 Å². The van der Waals surface area contributed by atoms with E-state index in [9.17, 15) is 14.9 Å². The molecule has 2 aromatic carbocycles. The number of ether oxygens (including phenoxy) is 1. The largest absolute Gasteiger partial charge is 0.457 e. The van der Waals surface area contributed by atoms with Gasteiger partial charge in [-0.2, -0.15) is 5.26 Å². The first kappa shape index (κ1) is 16.5. The van der Waals surface area contributed by atoms with Crippen LogP contribution in [0.4, 0.5) is 5.69 Å². The Kier molecular flexibility index (Phi) is 5.33. The molecule has 6 nitrogen and oxygen atoms in total. The molecular formula is C16H12N2O4S. The third-order valence-corrected chi connectivity index (χ3v) is 3.85. The lowest BCUT2D eigenvalue weighted by Crippen LogP contribution is -2.06. The maximum absolute atomic E-state index is 12.0. The van der Waals surface area contributed by atoms with Crippen LogP contribution in [-0.4, -0.2) is 17.1 Å². The molecule has 0 aliphatic heterocycles. The number of nitro benzene ring substituents is 1. The second-order valence-corrected chi connectivity index (χ2v) is 5.38. The highest BCUT2D eigenvalue weighted by Crippen LogP contribution is 2.28. The number of hydrogen-bond donors (Lipinski definition) is 0. The molecule has 0 atom stereocenters. The predicted octanol–water partition coefficient (Wildman–Crippen LogP) is 3.55. The van der Waals surface area contributed by atoms with Crippen LogP contribution in [0.1, 0.15) is 21.5 Å². The Bertz CT molecular complexity index is 782. The van der Waals surface area contributed by atoms with Crippen molar-refractivity contribution < 1.29 is 14.5 Å². The molecule has 116 valence electrons. The SMILES string of the molecule is CSc1ccc(C(=O)OCc2ccc(C#N)cc2)cc1[N+](=O)[O-]. The summed E-state index contributed by atoms with van der Waals surface area (Å²) in [5.74, 6) is -0.634. The minimum absolute atomic E-state index is 0.0304. The zero-order chi connectivity index (χ0) is 16.8. The van der Waals surface area contributed by atoms with Gasteiger partial charge in [0.2, 0.25) is 0 Å². The Labute approximate surface area is 136 Å². The number of nitrogens with zero attached hydrogens (tertiary/aromatic N) is 2. The minimum Gasteiger partial charge on any atom is -0.457 e. The van der Waals surface area contributed by atoms with Crippen molar-refractivity contribution in [2.24, 2.45) is 0 Å². The van der Waals surface area contributed by atoms with E-state index in [1.807, 2.05) is 6.07 Å². The Morgan fingerprint density at radius 2 is 2.00 bits per heavy atom. The summed E-state index contributed by atoms with van der Waals surface area (Å²) in [6.07, 6.45) is 1.73. The van der Waals surface area contributed by atoms with Crippen molar-refractivity contribution in [2.75, 3.05) is 6.26 Å². The number of esters is 1. The van der Waals surface area contributed by atoms with Gasteiger partial charge in [-0.25, -0.2) is 4.79 Å². The molecule has 0 N–H and O–H groups in total. The molecule has 0 aliphatic carbocycles. The van der Waals surface area contributed by atoms with Gasteiger partial charge in [-0.3, -0.25) is 10.1 Å². The van der Waals surface area contributed by atoms with E-state index in [2.05, 4.69) is 0 Å².